The lowest BCUT2D eigenvalue weighted by Crippen LogP contribution is -2.15. The molecule has 0 saturated heterocycles. The number of rotatable bonds is 9. The summed E-state index contributed by atoms with van der Waals surface area (Å²) in [6.45, 7) is 8.51. The summed E-state index contributed by atoms with van der Waals surface area (Å²) < 4.78 is 1.93. The second-order valence-electron chi connectivity index (χ2n) is 6.35. The maximum absolute atomic E-state index is 12.4. The maximum atomic E-state index is 12.4. The van der Waals surface area contributed by atoms with Gasteiger partial charge >= 0.3 is 0 Å². The van der Waals surface area contributed by atoms with Gasteiger partial charge in [0.15, 0.2) is 11.0 Å². The van der Waals surface area contributed by atoms with Gasteiger partial charge in [0, 0.05) is 28.4 Å². The summed E-state index contributed by atoms with van der Waals surface area (Å²) in [6.07, 6.45) is 2.65. The van der Waals surface area contributed by atoms with E-state index in [4.69, 9.17) is 0 Å². The number of nitrogens with one attached hydrogen (secondary N) is 1. The van der Waals surface area contributed by atoms with Crippen LogP contribution in [0.5, 0.6) is 0 Å². The second kappa shape index (κ2) is 9.68. The number of thioether (sulfide) groups is 1. The van der Waals surface area contributed by atoms with Gasteiger partial charge in [-0.25, -0.2) is 0 Å². The van der Waals surface area contributed by atoms with Crippen LogP contribution in [0.2, 0.25) is 0 Å². The highest BCUT2D eigenvalue weighted by molar-refractivity contribution is 7.99. The largest absolute Gasteiger partial charge is 0.320 e. The van der Waals surface area contributed by atoms with E-state index in [1.165, 1.54) is 34.3 Å². The minimum atomic E-state index is -0.524. The van der Waals surface area contributed by atoms with Crippen LogP contribution in [0.4, 0.5) is 11.4 Å². The van der Waals surface area contributed by atoms with Gasteiger partial charge in [-0.05, 0) is 25.0 Å². The molecule has 30 heavy (non-hydrogen) atoms. The molecule has 0 radical (unpaired) electrons. The molecule has 1 amide bonds. The van der Waals surface area contributed by atoms with E-state index in [2.05, 4.69) is 41.3 Å². The molecule has 2 heterocycles. The quantitative estimate of drug-likeness (QED) is 0.222. The third kappa shape index (κ3) is 4.60. The Hall–Kier alpha value is -2.98. The summed E-state index contributed by atoms with van der Waals surface area (Å²) >= 11 is 2.90. The van der Waals surface area contributed by atoms with Gasteiger partial charge in [-0.1, -0.05) is 36.9 Å². The Morgan fingerprint density at radius 3 is 2.87 bits per heavy atom. The number of hydrogen-bond acceptors (Lipinski definition) is 7. The zero-order chi connectivity index (χ0) is 21.7. The van der Waals surface area contributed by atoms with Crippen LogP contribution in [0.3, 0.4) is 0 Å². The molecule has 0 spiro atoms. The Balaban J connectivity index is 1.77. The Labute approximate surface area is 182 Å². The van der Waals surface area contributed by atoms with E-state index in [9.17, 15) is 14.9 Å². The zero-order valence-electron chi connectivity index (χ0n) is 16.6. The monoisotopic (exact) mass is 443 g/mol. The van der Waals surface area contributed by atoms with Gasteiger partial charge in [-0.3, -0.25) is 19.5 Å². The maximum Gasteiger partial charge on any atom is 0.292 e. The minimum Gasteiger partial charge on any atom is -0.320 e. The van der Waals surface area contributed by atoms with Crippen LogP contribution in [0.25, 0.3) is 11.4 Å². The highest BCUT2D eigenvalue weighted by Crippen LogP contribution is 2.32. The summed E-state index contributed by atoms with van der Waals surface area (Å²) in [7, 11) is 0. The molecule has 0 bridgehead atoms. The molecule has 1 N–H and O–H groups in total. The summed E-state index contributed by atoms with van der Waals surface area (Å²) in [5, 5.41) is 25.0. The number of hydrogen-bond donors (Lipinski definition) is 1. The number of thiophene rings is 1. The first-order chi connectivity index (χ1) is 14.5. The fraction of sp³-hybridized carbons (Fsp3) is 0.250. The number of anilines is 1. The number of para-hydroxylation sites is 2. The molecule has 0 fully saturated rings. The second-order valence-corrected chi connectivity index (χ2v) is 8.38. The highest BCUT2D eigenvalue weighted by atomic mass is 32.2. The molecule has 0 unspecified atom stereocenters. The molecule has 3 aromatic rings. The highest BCUT2D eigenvalue weighted by Gasteiger charge is 2.20. The fourth-order valence-electron chi connectivity index (χ4n) is 3.05. The van der Waals surface area contributed by atoms with Gasteiger partial charge in [0.1, 0.15) is 5.69 Å². The zero-order valence-corrected chi connectivity index (χ0v) is 18.3. The summed E-state index contributed by atoms with van der Waals surface area (Å²) in [5.41, 5.74) is 2.31. The van der Waals surface area contributed by atoms with Crippen LogP contribution >= 0.6 is 23.1 Å². The first-order valence-corrected chi connectivity index (χ1v) is 11.1. The molecular formula is C20H21N5O3S2. The Morgan fingerprint density at radius 1 is 1.40 bits per heavy atom. The first-order valence-electron chi connectivity index (χ1n) is 9.23. The van der Waals surface area contributed by atoms with Gasteiger partial charge in [0.05, 0.1) is 10.7 Å². The van der Waals surface area contributed by atoms with Crippen molar-refractivity contribution in [3.05, 3.63) is 62.9 Å². The van der Waals surface area contributed by atoms with E-state index < -0.39 is 4.92 Å². The predicted molar refractivity (Wildman–Crippen MR) is 120 cm³/mol. The van der Waals surface area contributed by atoms with Crippen molar-refractivity contribution in [2.75, 3.05) is 11.1 Å². The van der Waals surface area contributed by atoms with Crippen molar-refractivity contribution < 1.29 is 9.72 Å². The van der Waals surface area contributed by atoms with Crippen molar-refractivity contribution in [2.45, 2.75) is 32.0 Å². The Bertz CT molecular complexity index is 1090. The summed E-state index contributed by atoms with van der Waals surface area (Å²) in [4.78, 5) is 24.2. The standard InChI is InChI=1S/C20H21N5O3S2/c1-4-10-24-19(15-11-29-13(3)14(15)5-2)22-23-20(24)30-12-18(26)21-16-8-6-7-9-17(16)25(27)28/h4,6-9,11H,1,5,10,12H2,2-3H3,(H,21,26). The Kier molecular flexibility index (Phi) is 7.01. The van der Waals surface area contributed by atoms with Crippen LogP contribution in [0.15, 0.2) is 47.5 Å². The van der Waals surface area contributed by atoms with Gasteiger partial charge in [-0.15, -0.1) is 28.1 Å². The molecule has 10 heteroatoms. The summed E-state index contributed by atoms with van der Waals surface area (Å²) in [6, 6.07) is 6.05. The van der Waals surface area contributed by atoms with E-state index in [1.807, 2.05) is 4.57 Å². The van der Waals surface area contributed by atoms with Crippen molar-refractivity contribution in [3.63, 3.8) is 0 Å². The normalized spacial score (nSPS) is 10.7. The number of benzene rings is 1. The van der Waals surface area contributed by atoms with E-state index in [-0.39, 0.29) is 23.0 Å². The summed E-state index contributed by atoms with van der Waals surface area (Å²) in [5.74, 6) is 0.437. The molecular weight excluding hydrogens is 422 g/mol. The van der Waals surface area contributed by atoms with Crippen molar-refractivity contribution >= 4 is 40.4 Å². The minimum absolute atomic E-state index is 0.0463. The van der Waals surface area contributed by atoms with Crippen LogP contribution in [-0.4, -0.2) is 31.3 Å². The number of nitro groups is 1. The fourth-order valence-corrected chi connectivity index (χ4v) is 4.74. The molecule has 0 saturated carbocycles. The lowest BCUT2D eigenvalue weighted by atomic mass is 10.1. The number of nitro benzene ring substituents is 1. The third-order valence-electron chi connectivity index (χ3n) is 4.43. The average molecular weight is 444 g/mol. The van der Waals surface area contributed by atoms with Crippen LogP contribution in [0.1, 0.15) is 17.4 Å². The number of allylic oxidation sites excluding steroid dienone is 1. The van der Waals surface area contributed by atoms with E-state index in [0.29, 0.717) is 11.7 Å². The molecule has 0 aliphatic heterocycles. The Morgan fingerprint density at radius 2 is 2.17 bits per heavy atom. The molecule has 1 aromatic carbocycles. The first kappa shape index (κ1) is 21.7. The van der Waals surface area contributed by atoms with Crippen LogP contribution in [-0.2, 0) is 17.8 Å². The predicted octanol–water partition coefficient (Wildman–Crippen LogP) is 4.70. The molecule has 0 aliphatic rings. The van der Waals surface area contributed by atoms with Crippen molar-refractivity contribution in [2.24, 2.45) is 0 Å². The molecule has 156 valence electrons. The topological polar surface area (TPSA) is 103 Å². The van der Waals surface area contributed by atoms with Gasteiger partial charge in [0.25, 0.3) is 5.69 Å². The van der Waals surface area contributed by atoms with Crippen LogP contribution < -0.4 is 5.32 Å². The molecule has 2 aromatic heterocycles. The molecule has 0 aliphatic carbocycles. The van der Waals surface area contributed by atoms with Gasteiger partial charge in [0.2, 0.25) is 5.91 Å². The molecule has 3 rings (SSSR count). The van der Waals surface area contributed by atoms with Gasteiger partial charge in [-0.2, -0.15) is 0 Å². The number of amides is 1. The van der Waals surface area contributed by atoms with Crippen molar-refractivity contribution in [1.82, 2.24) is 14.8 Å². The lowest BCUT2D eigenvalue weighted by molar-refractivity contribution is -0.383. The number of aromatic nitrogens is 3. The van der Waals surface area contributed by atoms with E-state index in [0.717, 1.165) is 17.8 Å². The van der Waals surface area contributed by atoms with E-state index in [1.54, 1.807) is 29.5 Å². The van der Waals surface area contributed by atoms with Gasteiger partial charge < -0.3 is 5.32 Å². The lowest BCUT2D eigenvalue weighted by Gasteiger charge is -2.09. The third-order valence-corrected chi connectivity index (χ3v) is 6.35. The van der Waals surface area contributed by atoms with Crippen LogP contribution in [0, 0.1) is 17.0 Å². The van der Waals surface area contributed by atoms with E-state index >= 15 is 0 Å². The van der Waals surface area contributed by atoms with Crippen molar-refractivity contribution in [1.29, 1.82) is 0 Å². The van der Waals surface area contributed by atoms with Crippen molar-refractivity contribution in [3.8, 4) is 11.4 Å². The number of aryl methyl sites for hydroxylation is 1. The number of nitrogens with zero attached hydrogens (tertiary/aromatic N) is 4. The average Bonchev–Trinajstić information content (AvgIpc) is 3.29. The number of carbonyl (C=O) groups excluding carboxylic acids is 1. The molecule has 0 atom stereocenters. The molecule has 8 nitrogen and oxygen atoms in total. The smallest absolute Gasteiger partial charge is 0.292 e. The number of carbonyl (C=O) groups is 1. The SMILES string of the molecule is C=CCn1c(SCC(=O)Nc2ccccc2[N+](=O)[O-])nnc1-c1csc(C)c1CC.